The van der Waals surface area contributed by atoms with Crippen molar-refractivity contribution in [2.45, 2.75) is 26.8 Å². The third kappa shape index (κ3) is 4.97. The van der Waals surface area contributed by atoms with Crippen molar-refractivity contribution in [1.29, 1.82) is 0 Å². The van der Waals surface area contributed by atoms with E-state index in [-0.39, 0.29) is 17.4 Å². The molecule has 0 heterocycles. The highest BCUT2D eigenvalue weighted by Gasteiger charge is 2.25. The second kappa shape index (κ2) is 7.61. The van der Waals surface area contributed by atoms with Crippen molar-refractivity contribution in [1.82, 2.24) is 4.90 Å². The van der Waals surface area contributed by atoms with Crippen LogP contribution in [-0.2, 0) is 9.84 Å². The lowest BCUT2D eigenvalue weighted by atomic mass is 10.1. The Labute approximate surface area is 139 Å². The van der Waals surface area contributed by atoms with E-state index in [0.29, 0.717) is 17.1 Å². The number of hydrogen-bond donors (Lipinski definition) is 0. The van der Waals surface area contributed by atoms with Crippen LogP contribution in [0, 0.1) is 0 Å². The number of nitrogens with zero attached hydrogens (tertiary/aromatic N) is 1. The lowest BCUT2D eigenvalue weighted by Gasteiger charge is -2.28. The molecule has 0 saturated carbocycles. The van der Waals surface area contributed by atoms with Gasteiger partial charge in [-0.05, 0) is 32.0 Å². The summed E-state index contributed by atoms with van der Waals surface area (Å²) >= 11 is 9.38. The van der Waals surface area contributed by atoms with Crippen LogP contribution < -0.4 is 0 Å². The minimum atomic E-state index is -3.14. The Morgan fingerprint density at radius 1 is 1.38 bits per heavy atom. The predicted octanol–water partition coefficient (Wildman–Crippen LogP) is 3.39. The van der Waals surface area contributed by atoms with Crippen LogP contribution in [-0.4, -0.2) is 43.3 Å². The molecule has 0 radical (unpaired) electrons. The van der Waals surface area contributed by atoms with Crippen LogP contribution in [0.5, 0.6) is 0 Å². The van der Waals surface area contributed by atoms with E-state index < -0.39 is 15.9 Å². The van der Waals surface area contributed by atoms with Crippen LogP contribution in [0.1, 0.15) is 31.1 Å². The normalized spacial score (nSPS) is 13.0. The van der Waals surface area contributed by atoms with E-state index in [4.69, 9.17) is 11.6 Å². The van der Waals surface area contributed by atoms with Crippen LogP contribution in [0.4, 0.5) is 0 Å². The number of benzene rings is 1. The van der Waals surface area contributed by atoms with E-state index in [0.717, 1.165) is 4.47 Å². The van der Waals surface area contributed by atoms with Gasteiger partial charge < -0.3 is 4.90 Å². The van der Waals surface area contributed by atoms with Crippen LogP contribution in [0.3, 0.4) is 0 Å². The number of sulfone groups is 1. The molecule has 0 aromatic heterocycles. The highest BCUT2D eigenvalue weighted by Crippen LogP contribution is 2.23. The molecule has 1 unspecified atom stereocenters. The van der Waals surface area contributed by atoms with Gasteiger partial charge in [0.15, 0.2) is 9.84 Å². The molecule has 21 heavy (non-hydrogen) atoms. The molecule has 0 aliphatic carbocycles. The first kappa shape index (κ1) is 18.5. The molecule has 4 nitrogen and oxygen atoms in total. The summed E-state index contributed by atoms with van der Waals surface area (Å²) in [5.41, 5.74) is 0.369. The monoisotopic (exact) mass is 395 g/mol. The summed E-state index contributed by atoms with van der Waals surface area (Å²) in [6, 6.07) is 4.64. The summed E-state index contributed by atoms with van der Waals surface area (Å²) < 4.78 is 24.2. The fraction of sp³-hybridized carbons (Fsp3) is 0.500. The van der Waals surface area contributed by atoms with Crippen LogP contribution in [0.2, 0.25) is 5.02 Å². The van der Waals surface area contributed by atoms with Crippen molar-refractivity contribution >= 4 is 43.3 Å². The first-order valence-corrected chi connectivity index (χ1v) is 9.67. The molecule has 0 aliphatic rings. The van der Waals surface area contributed by atoms with E-state index >= 15 is 0 Å². The Hall–Kier alpha value is -0.590. The molecule has 118 valence electrons. The second-order valence-corrected chi connectivity index (χ2v) is 8.48. The summed E-state index contributed by atoms with van der Waals surface area (Å²) in [6.45, 7) is 5.58. The number of hydrogen-bond acceptors (Lipinski definition) is 3. The maximum absolute atomic E-state index is 12.6. The molecule has 0 spiro atoms. The van der Waals surface area contributed by atoms with Crippen LogP contribution in [0.25, 0.3) is 0 Å². The van der Waals surface area contributed by atoms with Crippen molar-refractivity contribution in [2.24, 2.45) is 0 Å². The number of rotatable bonds is 6. The fourth-order valence-corrected chi connectivity index (χ4v) is 3.76. The van der Waals surface area contributed by atoms with Gasteiger partial charge in [-0.3, -0.25) is 4.79 Å². The minimum Gasteiger partial charge on any atom is -0.335 e. The molecule has 1 aromatic carbocycles. The van der Waals surface area contributed by atoms with Gasteiger partial charge >= 0.3 is 0 Å². The smallest absolute Gasteiger partial charge is 0.255 e. The van der Waals surface area contributed by atoms with Gasteiger partial charge in [-0.2, -0.15) is 0 Å². The largest absolute Gasteiger partial charge is 0.335 e. The summed E-state index contributed by atoms with van der Waals surface area (Å²) in [7, 11) is -3.14. The summed E-state index contributed by atoms with van der Waals surface area (Å²) in [4.78, 5) is 14.1. The van der Waals surface area contributed by atoms with Gasteiger partial charge in [-0.1, -0.05) is 34.5 Å². The average molecular weight is 397 g/mol. The fourth-order valence-electron chi connectivity index (χ4n) is 2.05. The Kier molecular flexibility index (Phi) is 6.69. The molecule has 0 fully saturated rings. The van der Waals surface area contributed by atoms with Crippen LogP contribution in [0.15, 0.2) is 22.7 Å². The number of carbonyl (C=O) groups is 1. The number of halogens is 2. The molecule has 0 aliphatic heterocycles. The molecule has 1 rings (SSSR count). The highest BCUT2D eigenvalue weighted by molar-refractivity contribution is 9.10. The van der Waals surface area contributed by atoms with Crippen molar-refractivity contribution < 1.29 is 13.2 Å². The molecular formula is C14H19BrClNO3S. The second-order valence-electron chi connectivity index (χ2n) is 4.76. The molecule has 0 bridgehead atoms. The zero-order valence-corrected chi connectivity index (χ0v) is 15.4. The highest BCUT2D eigenvalue weighted by atomic mass is 79.9. The predicted molar refractivity (Wildman–Crippen MR) is 89.7 cm³/mol. The number of carbonyl (C=O) groups excluding carboxylic acids is 1. The summed E-state index contributed by atoms with van der Waals surface area (Å²) in [6.07, 6.45) is 0. The molecule has 1 atom stereocenters. The van der Waals surface area contributed by atoms with E-state index in [1.54, 1.807) is 32.0 Å². The zero-order valence-electron chi connectivity index (χ0n) is 12.3. The lowest BCUT2D eigenvalue weighted by Crippen LogP contribution is -2.42. The Balaban J connectivity index is 3.04. The minimum absolute atomic E-state index is 0.0469. The van der Waals surface area contributed by atoms with Gasteiger partial charge in [-0.25, -0.2) is 8.42 Å². The Morgan fingerprint density at radius 3 is 2.52 bits per heavy atom. The maximum Gasteiger partial charge on any atom is 0.255 e. The SMILES string of the molecule is CCN(C(=O)c1cc(Br)ccc1Cl)C(C)CS(=O)(=O)CC. The maximum atomic E-state index is 12.6. The molecule has 1 amide bonds. The standard InChI is InChI=1S/C14H19BrClNO3S/c1-4-17(10(3)9-21(19,20)5-2)14(18)12-8-11(15)6-7-13(12)16/h6-8,10H,4-5,9H2,1-3H3. The van der Waals surface area contributed by atoms with Crippen molar-refractivity contribution in [3.63, 3.8) is 0 Å². The summed E-state index contributed by atoms with van der Waals surface area (Å²) in [5.74, 6) is -0.238. The van der Waals surface area contributed by atoms with E-state index in [1.807, 2.05) is 6.92 Å². The third-order valence-electron chi connectivity index (χ3n) is 3.23. The Morgan fingerprint density at radius 2 is 2.00 bits per heavy atom. The van der Waals surface area contributed by atoms with Gasteiger partial charge in [0.05, 0.1) is 16.3 Å². The van der Waals surface area contributed by atoms with E-state index in [2.05, 4.69) is 15.9 Å². The van der Waals surface area contributed by atoms with E-state index in [1.165, 1.54) is 4.90 Å². The first-order chi connectivity index (χ1) is 9.71. The van der Waals surface area contributed by atoms with Crippen molar-refractivity contribution in [2.75, 3.05) is 18.1 Å². The Bertz CT molecular complexity index is 619. The summed E-state index contributed by atoms with van der Waals surface area (Å²) in [5, 5.41) is 0.354. The van der Waals surface area contributed by atoms with Gasteiger partial charge in [0, 0.05) is 22.8 Å². The molecular weight excluding hydrogens is 378 g/mol. The molecule has 0 saturated heterocycles. The van der Waals surface area contributed by atoms with Gasteiger partial charge in [-0.15, -0.1) is 0 Å². The molecule has 0 N–H and O–H groups in total. The van der Waals surface area contributed by atoms with Crippen molar-refractivity contribution in [3.05, 3.63) is 33.3 Å². The number of amides is 1. The third-order valence-corrected chi connectivity index (χ3v) is 5.92. The van der Waals surface area contributed by atoms with Gasteiger partial charge in [0.1, 0.15) is 0 Å². The first-order valence-electron chi connectivity index (χ1n) is 6.68. The average Bonchev–Trinajstić information content (AvgIpc) is 2.41. The quantitative estimate of drug-likeness (QED) is 0.740. The van der Waals surface area contributed by atoms with Crippen molar-refractivity contribution in [3.8, 4) is 0 Å². The molecule has 7 heteroatoms. The van der Waals surface area contributed by atoms with E-state index in [9.17, 15) is 13.2 Å². The van der Waals surface area contributed by atoms with Gasteiger partial charge in [0.25, 0.3) is 5.91 Å². The zero-order chi connectivity index (χ0) is 16.2. The topological polar surface area (TPSA) is 54.5 Å². The lowest BCUT2D eigenvalue weighted by molar-refractivity contribution is 0.0719. The van der Waals surface area contributed by atoms with Crippen LogP contribution >= 0.6 is 27.5 Å². The molecule has 1 aromatic rings. The van der Waals surface area contributed by atoms with Gasteiger partial charge in [0.2, 0.25) is 0 Å².